The van der Waals surface area contributed by atoms with Gasteiger partial charge in [-0.05, 0) is 13.0 Å². The van der Waals surface area contributed by atoms with E-state index < -0.39 is 12.2 Å². The van der Waals surface area contributed by atoms with Gasteiger partial charge in [0.25, 0.3) is 0 Å². The van der Waals surface area contributed by atoms with Crippen molar-refractivity contribution in [2.45, 2.75) is 13.0 Å². The number of nitrogens with two attached hydrogens (primary N) is 1. The molecule has 1 atom stereocenters. The molecule has 0 aliphatic rings. The summed E-state index contributed by atoms with van der Waals surface area (Å²) in [6.45, 7) is 1.69. The molecule has 2 N–H and O–H groups in total. The van der Waals surface area contributed by atoms with Crippen LogP contribution in [0.3, 0.4) is 0 Å². The Morgan fingerprint density at radius 3 is 2.73 bits per heavy atom. The Kier molecular flexibility index (Phi) is 3.80. The molecule has 5 heteroatoms. The van der Waals surface area contributed by atoms with Crippen LogP contribution >= 0.6 is 11.6 Å². The lowest BCUT2D eigenvalue weighted by molar-refractivity contribution is 0.116. The highest BCUT2D eigenvalue weighted by atomic mass is 35.5. The van der Waals surface area contributed by atoms with Crippen LogP contribution in [-0.4, -0.2) is 13.2 Å². The number of amides is 1. The van der Waals surface area contributed by atoms with Gasteiger partial charge in [-0.2, -0.15) is 0 Å². The smallest absolute Gasteiger partial charge is 0.405 e. The molecule has 82 valence electrons. The summed E-state index contributed by atoms with van der Waals surface area (Å²) in [5, 5.41) is 0.425. The molecule has 15 heavy (non-hydrogen) atoms. The van der Waals surface area contributed by atoms with E-state index in [9.17, 15) is 4.79 Å². The van der Waals surface area contributed by atoms with Gasteiger partial charge < -0.3 is 15.2 Å². The molecular weight excluding hydrogens is 218 g/mol. The molecule has 0 aliphatic carbocycles. The van der Waals surface area contributed by atoms with Crippen molar-refractivity contribution in [1.29, 1.82) is 0 Å². The van der Waals surface area contributed by atoms with Crippen LogP contribution < -0.4 is 10.5 Å². The Hall–Kier alpha value is -1.42. The zero-order valence-electron chi connectivity index (χ0n) is 8.49. The first kappa shape index (κ1) is 11.7. The Bertz CT molecular complexity index is 368. The van der Waals surface area contributed by atoms with Gasteiger partial charge in [-0.1, -0.05) is 23.7 Å². The van der Waals surface area contributed by atoms with Crippen molar-refractivity contribution < 1.29 is 14.3 Å². The van der Waals surface area contributed by atoms with E-state index in [1.807, 2.05) is 0 Å². The average Bonchev–Trinajstić information content (AvgIpc) is 2.17. The lowest BCUT2D eigenvalue weighted by atomic mass is 10.1. The number of carbonyl (C=O) groups is 1. The standard InChI is InChI=1S/C10H12ClNO3/c1-6(15-10(12)13)7-4-3-5-8(14-2)9(7)11/h3-6H,1-2H3,(H2,12,13)/t6-/m1/s1. The molecule has 0 saturated carbocycles. The molecular formula is C10H12ClNO3. The molecule has 1 rings (SSSR count). The minimum Gasteiger partial charge on any atom is -0.495 e. The van der Waals surface area contributed by atoms with E-state index in [1.54, 1.807) is 25.1 Å². The third kappa shape index (κ3) is 2.76. The fourth-order valence-corrected chi connectivity index (χ4v) is 1.59. The van der Waals surface area contributed by atoms with Gasteiger partial charge in [0, 0.05) is 5.56 Å². The average molecular weight is 230 g/mol. The predicted octanol–water partition coefficient (Wildman–Crippen LogP) is 2.50. The van der Waals surface area contributed by atoms with E-state index in [0.29, 0.717) is 16.3 Å². The second-order valence-corrected chi connectivity index (χ2v) is 3.32. The largest absolute Gasteiger partial charge is 0.495 e. The van der Waals surface area contributed by atoms with E-state index >= 15 is 0 Å². The fraction of sp³-hybridized carbons (Fsp3) is 0.300. The normalized spacial score (nSPS) is 11.9. The number of benzene rings is 1. The highest BCUT2D eigenvalue weighted by Crippen LogP contribution is 2.32. The van der Waals surface area contributed by atoms with Crippen molar-refractivity contribution in [2.24, 2.45) is 5.73 Å². The lowest BCUT2D eigenvalue weighted by Gasteiger charge is -2.14. The van der Waals surface area contributed by atoms with Gasteiger partial charge in [-0.25, -0.2) is 4.79 Å². The van der Waals surface area contributed by atoms with Crippen molar-refractivity contribution in [3.8, 4) is 5.75 Å². The summed E-state index contributed by atoms with van der Waals surface area (Å²) in [5.41, 5.74) is 5.58. The summed E-state index contributed by atoms with van der Waals surface area (Å²) in [4.78, 5) is 10.6. The van der Waals surface area contributed by atoms with Gasteiger partial charge in [0.05, 0.1) is 12.1 Å². The van der Waals surface area contributed by atoms with Gasteiger partial charge in [-0.3, -0.25) is 0 Å². The van der Waals surface area contributed by atoms with Crippen LogP contribution in [0.5, 0.6) is 5.75 Å². The van der Waals surface area contributed by atoms with E-state index in [-0.39, 0.29) is 0 Å². The maximum absolute atomic E-state index is 10.6. The van der Waals surface area contributed by atoms with E-state index in [1.165, 1.54) is 7.11 Å². The molecule has 0 unspecified atom stereocenters. The third-order valence-electron chi connectivity index (χ3n) is 1.94. The number of rotatable bonds is 3. The molecule has 1 aromatic carbocycles. The number of carbonyl (C=O) groups excluding carboxylic acids is 1. The molecule has 0 fully saturated rings. The van der Waals surface area contributed by atoms with Crippen LogP contribution in [0.25, 0.3) is 0 Å². The van der Waals surface area contributed by atoms with Crippen LogP contribution in [0.15, 0.2) is 18.2 Å². The summed E-state index contributed by atoms with van der Waals surface area (Å²) < 4.78 is 9.85. The van der Waals surface area contributed by atoms with E-state index in [0.717, 1.165) is 0 Å². The maximum Gasteiger partial charge on any atom is 0.405 e. The van der Waals surface area contributed by atoms with E-state index in [4.69, 9.17) is 26.8 Å². The second kappa shape index (κ2) is 4.89. The molecule has 0 aromatic heterocycles. The van der Waals surface area contributed by atoms with Crippen LogP contribution in [0.1, 0.15) is 18.6 Å². The molecule has 4 nitrogen and oxygen atoms in total. The Morgan fingerprint density at radius 2 is 2.20 bits per heavy atom. The number of hydrogen-bond acceptors (Lipinski definition) is 3. The van der Waals surface area contributed by atoms with Gasteiger partial charge in [0.2, 0.25) is 0 Å². The number of hydrogen-bond donors (Lipinski definition) is 1. The fourth-order valence-electron chi connectivity index (χ4n) is 1.24. The molecule has 0 bridgehead atoms. The van der Waals surface area contributed by atoms with Gasteiger partial charge in [0.15, 0.2) is 0 Å². The Morgan fingerprint density at radius 1 is 1.53 bits per heavy atom. The van der Waals surface area contributed by atoms with Crippen LogP contribution in [0.2, 0.25) is 5.02 Å². The SMILES string of the molecule is COc1cccc([C@@H](C)OC(N)=O)c1Cl. The zero-order chi connectivity index (χ0) is 11.4. The molecule has 0 aliphatic heterocycles. The highest BCUT2D eigenvalue weighted by Gasteiger charge is 2.15. The van der Waals surface area contributed by atoms with Gasteiger partial charge in [0.1, 0.15) is 11.9 Å². The first-order valence-corrected chi connectivity index (χ1v) is 4.72. The van der Waals surface area contributed by atoms with Crippen LogP contribution in [0, 0.1) is 0 Å². The first-order valence-electron chi connectivity index (χ1n) is 4.34. The van der Waals surface area contributed by atoms with Crippen molar-refractivity contribution in [3.05, 3.63) is 28.8 Å². The minimum atomic E-state index is -0.832. The van der Waals surface area contributed by atoms with Crippen LogP contribution in [-0.2, 0) is 4.74 Å². The lowest BCUT2D eigenvalue weighted by Crippen LogP contribution is -2.15. The predicted molar refractivity (Wildman–Crippen MR) is 57.1 cm³/mol. The molecule has 0 radical (unpaired) electrons. The quantitative estimate of drug-likeness (QED) is 0.866. The number of primary amides is 1. The monoisotopic (exact) mass is 229 g/mol. The first-order chi connectivity index (χ1) is 7.06. The van der Waals surface area contributed by atoms with Crippen LogP contribution in [0.4, 0.5) is 4.79 Å². The second-order valence-electron chi connectivity index (χ2n) is 2.94. The molecule has 0 spiro atoms. The van der Waals surface area contributed by atoms with Crippen molar-refractivity contribution in [3.63, 3.8) is 0 Å². The Balaban J connectivity index is 2.98. The number of halogens is 1. The van der Waals surface area contributed by atoms with Crippen molar-refractivity contribution >= 4 is 17.7 Å². The maximum atomic E-state index is 10.6. The number of methoxy groups -OCH3 is 1. The third-order valence-corrected chi connectivity index (χ3v) is 2.35. The Labute approximate surface area is 92.9 Å². The number of ether oxygens (including phenoxy) is 2. The summed E-state index contributed by atoms with van der Waals surface area (Å²) in [6, 6.07) is 5.24. The van der Waals surface area contributed by atoms with Crippen molar-refractivity contribution in [2.75, 3.05) is 7.11 Å². The summed E-state index contributed by atoms with van der Waals surface area (Å²) in [7, 11) is 1.52. The van der Waals surface area contributed by atoms with E-state index in [2.05, 4.69) is 0 Å². The molecule has 0 heterocycles. The summed E-state index contributed by atoms with van der Waals surface area (Å²) in [5.74, 6) is 0.536. The molecule has 0 saturated heterocycles. The van der Waals surface area contributed by atoms with Gasteiger partial charge in [-0.15, -0.1) is 0 Å². The van der Waals surface area contributed by atoms with Gasteiger partial charge >= 0.3 is 6.09 Å². The summed E-state index contributed by atoms with van der Waals surface area (Å²) >= 11 is 6.03. The van der Waals surface area contributed by atoms with Crippen molar-refractivity contribution in [1.82, 2.24) is 0 Å². The minimum absolute atomic E-state index is 0.425. The zero-order valence-corrected chi connectivity index (χ0v) is 9.25. The highest BCUT2D eigenvalue weighted by molar-refractivity contribution is 6.32. The molecule has 1 amide bonds. The molecule has 1 aromatic rings. The topological polar surface area (TPSA) is 61.6 Å². The summed E-state index contributed by atoms with van der Waals surface area (Å²) in [6.07, 6.45) is -1.33.